The number of aromatic nitrogens is 2. The highest BCUT2D eigenvalue weighted by atomic mass is 16.4. The van der Waals surface area contributed by atoms with E-state index in [1.165, 1.54) is 5.56 Å². The van der Waals surface area contributed by atoms with Gasteiger partial charge >= 0.3 is 6.01 Å². The number of nitrogens with zero attached hydrogens (tertiary/aromatic N) is 2. The molecule has 1 unspecified atom stereocenters. The standard InChI is InChI=1S/C16H24N4O/c1-6-17-11(2)14-19-20-15(21-14)18-13-10-8-7-9-12(13)16(3,4)5/h7-11,17H,6H2,1-5H3,(H,18,20). The molecule has 114 valence electrons. The Bertz CT molecular complexity index is 586. The van der Waals surface area contributed by atoms with E-state index in [0.717, 1.165) is 12.2 Å². The van der Waals surface area contributed by atoms with Crippen LogP contribution in [0.25, 0.3) is 0 Å². The monoisotopic (exact) mass is 288 g/mol. The van der Waals surface area contributed by atoms with Crippen LogP contribution >= 0.6 is 0 Å². The fourth-order valence-electron chi connectivity index (χ4n) is 2.21. The summed E-state index contributed by atoms with van der Waals surface area (Å²) in [5, 5.41) is 14.6. The highest BCUT2D eigenvalue weighted by molar-refractivity contribution is 5.59. The maximum absolute atomic E-state index is 5.67. The van der Waals surface area contributed by atoms with Crippen LogP contribution in [0.5, 0.6) is 0 Å². The van der Waals surface area contributed by atoms with Crippen molar-refractivity contribution in [2.75, 3.05) is 11.9 Å². The molecular formula is C16H24N4O. The molecular weight excluding hydrogens is 264 g/mol. The maximum Gasteiger partial charge on any atom is 0.320 e. The van der Waals surface area contributed by atoms with Crippen LogP contribution in [0.4, 0.5) is 11.7 Å². The Kier molecular flexibility index (Phi) is 4.63. The van der Waals surface area contributed by atoms with Gasteiger partial charge in [0, 0.05) is 5.69 Å². The third kappa shape index (κ3) is 3.82. The molecule has 0 saturated heterocycles. The summed E-state index contributed by atoms with van der Waals surface area (Å²) in [4.78, 5) is 0. The van der Waals surface area contributed by atoms with Crippen LogP contribution in [0.1, 0.15) is 52.1 Å². The van der Waals surface area contributed by atoms with Crippen LogP contribution in [-0.2, 0) is 5.41 Å². The van der Waals surface area contributed by atoms with Crippen molar-refractivity contribution in [1.82, 2.24) is 15.5 Å². The van der Waals surface area contributed by atoms with Crippen molar-refractivity contribution in [2.45, 2.75) is 46.1 Å². The summed E-state index contributed by atoms with van der Waals surface area (Å²) in [5.41, 5.74) is 2.25. The predicted molar refractivity (Wildman–Crippen MR) is 84.8 cm³/mol. The molecule has 1 aromatic heterocycles. The second-order valence-corrected chi connectivity index (χ2v) is 6.15. The Morgan fingerprint density at radius 3 is 2.57 bits per heavy atom. The Balaban J connectivity index is 2.20. The van der Waals surface area contributed by atoms with E-state index in [2.05, 4.69) is 47.7 Å². The van der Waals surface area contributed by atoms with E-state index in [0.29, 0.717) is 11.9 Å². The van der Waals surface area contributed by atoms with Crippen LogP contribution in [0.15, 0.2) is 28.7 Å². The lowest BCUT2D eigenvalue weighted by Gasteiger charge is -2.22. The van der Waals surface area contributed by atoms with E-state index in [4.69, 9.17) is 4.42 Å². The molecule has 0 bridgehead atoms. The van der Waals surface area contributed by atoms with Crippen molar-refractivity contribution in [3.8, 4) is 0 Å². The van der Waals surface area contributed by atoms with E-state index < -0.39 is 0 Å². The molecule has 0 aliphatic rings. The first-order valence-corrected chi connectivity index (χ1v) is 7.35. The Hall–Kier alpha value is -1.88. The summed E-state index contributed by atoms with van der Waals surface area (Å²) in [6.45, 7) is 11.5. The normalized spacial score (nSPS) is 13.2. The van der Waals surface area contributed by atoms with Crippen LogP contribution in [0.2, 0.25) is 0 Å². The molecule has 0 saturated carbocycles. The van der Waals surface area contributed by atoms with Gasteiger partial charge in [0.05, 0.1) is 6.04 Å². The Morgan fingerprint density at radius 2 is 1.90 bits per heavy atom. The molecule has 1 aromatic carbocycles. The lowest BCUT2D eigenvalue weighted by molar-refractivity contribution is 0.430. The summed E-state index contributed by atoms with van der Waals surface area (Å²) in [6, 6.07) is 8.65. The average molecular weight is 288 g/mol. The minimum atomic E-state index is 0.0451. The Labute approximate surface area is 126 Å². The van der Waals surface area contributed by atoms with Crippen LogP contribution in [-0.4, -0.2) is 16.7 Å². The topological polar surface area (TPSA) is 63.0 Å². The first kappa shape index (κ1) is 15.5. The fraction of sp³-hybridized carbons (Fsp3) is 0.500. The van der Waals surface area contributed by atoms with Gasteiger partial charge in [-0.3, -0.25) is 0 Å². The van der Waals surface area contributed by atoms with Crippen LogP contribution < -0.4 is 10.6 Å². The number of nitrogens with one attached hydrogen (secondary N) is 2. The van der Waals surface area contributed by atoms with Gasteiger partial charge in [-0.2, -0.15) is 0 Å². The van der Waals surface area contributed by atoms with Crippen molar-refractivity contribution in [3.63, 3.8) is 0 Å². The molecule has 0 aliphatic heterocycles. The minimum Gasteiger partial charge on any atom is -0.406 e. The molecule has 2 N–H and O–H groups in total. The fourth-order valence-corrected chi connectivity index (χ4v) is 2.21. The van der Waals surface area contributed by atoms with E-state index in [1.54, 1.807) is 0 Å². The van der Waals surface area contributed by atoms with E-state index in [-0.39, 0.29) is 11.5 Å². The average Bonchev–Trinajstić information content (AvgIpc) is 2.87. The number of hydrogen-bond acceptors (Lipinski definition) is 5. The first-order chi connectivity index (χ1) is 9.91. The quantitative estimate of drug-likeness (QED) is 0.876. The molecule has 0 radical (unpaired) electrons. The van der Waals surface area contributed by atoms with Crippen molar-refractivity contribution >= 4 is 11.7 Å². The minimum absolute atomic E-state index is 0.0451. The molecule has 0 fully saturated rings. The van der Waals surface area contributed by atoms with Gasteiger partial charge in [0.1, 0.15) is 0 Å². The van der Waals surface area contributed by atoms with E-state index >= 15 is 0 Å². The summed E-state index contributed by atoms with van der Waals surface area (Å²) in [5.74, 6) is 0.590. The summed E-state index contributed by atoms with van der Waals surface area (Å²) in [7, 11) is 0. The molecule has 2 rings (SSSR count). The lowest BCUT2D eigenvalue weighted by atomic mass is 9.86. The van der Waals surface area contributed by atoms with Gasteiger partial charge < -0.3 is 15.1 Å². The smallest absolute Gasteiger partial charge is 0.320 e. The van der Waals surface area contributed by atoms with Gasteiger partial charge in [-0.1, -0.05) is 51.0 Å². The van der Waals surface area contributed by atoms with Gasteiger partial charge in [-0.15, -0.1) is 5.10 Å². The highest BCUT2D eigenvalue weighted by Gasteiger charge is 2.19. The molecule has 2 aromatic rings. The third-order valence-corrected chi connectivity index (χ3v) is 3.30. The molecule has 5 heteroatoms. The third-order valence-electron chi connectivity index (χ3n) is 3.30. The summed E-state index contributed by atoms with van der Waals surface area (Å²) in [6.07, 6.45) is 0. The van der Waals surface area contributed by atoms with Crippen molar-refractivity contribution in [2.24, 2.45) is 0 Å². The molecule has 21 heavy (non-hydrogen) atoms. The number of anilines is 2. The summed E-state index contributed by atoms with van der Waals surface area (Å²) >= 11 is 0. The van der Waals surface area contributed by atoms with Crippen LogP contribution in [0, 0.1) is 0 Å². The predicted octanol–water partition coefficient (Wildman–Crippen LogP) is 3.78. The molecule has 5 nitrogen and oxygen atoms in total. The second-order valence-electron chi connectivity index (χ2n) is 6.15. The zero-order chi connectivity index (χ0) is 15.5. The van der Waals surface area contributed by atoms with Crippen LogP contribution in [0.3, 0.4) is 0 Å². The Morgan fingerprint density at radius 1 is 1.19 bits per heavy atom. The van der Waals surface area contributed by atoms with E-state index in [9.17, 15) is 0 Å². The van der Waals surface area contributed by atoms with Crippen molar-refractivity contribution in [1.29, 1.82) is 0 Å². The number of rotatable bonds is 5. The highest BCUT2D eigenvalue weighted by Crippen LogP contribution is 2.31. The SMILES string of the molecule is CCNC(C)c1nnc(Nc2ccccc2C(C)(C)C)o1. The number of benzene rings is 1. The summed E-state index contributed by atoms with van der Waals surface area (Å²) < 4.78 is 5.67. The maximum atomic E-state index is 5.67. The lowest BCUT2D eigenvalue weighted by Crippen LogP contribution is -2.17. The van der Waals surface area contributed by atoms with Gasteiger partial charge in [0.2, 0.25) is 5.89 Å². The molecule has 0 amide bonds. The molecule has 0 spiro atoms. The molecule has 1 atom stereocenters. The van der Waals surface area contributed by atoms with Gasteiger partial charge in [0.25, 0.3) is 0 Å². The van der Waals surface area contributed by atoms with Gasteiger partial charge in [0.15, 0.2) is 0 Å². The first-order valence-electron chi connectivity index (χ1n) is 7.35. The zero-order valence-corrected chi connectivity index (χ0v) is 13.4. The molecule has 1 heterocycles. The molecule has 0 aliphatic carbocycles. The van der Waals surface area contributed by atoms with E-state index in [1.807, 2.05) is 32.0 Å². The number of para-hydroxylation sites is 1. The van der Waals surface area contributed by atoms with Gasteiger partial charge in [-0.25, -0.2) is 0 Å². The van der Waals surface area contributed by atoms with Crippen molar-refractivity contribution in [3.05, 3.63) is 35.7 Å². The zero-order valence-electron chi connectivity index (χ0n) is 13.4. The number of hydrogen-bond donors (Lipinski definition) is 2. The largest absolute Gasteiger partial charge is 0.406 e. The second kappa shape index (κ2) is 6.26. The van der Waals surface area contributed by atoms with Crippen molar-refractivity contribution < 1.29 is 4.42 Å². The van der Waals surface area contributed by atoms with Gasteiger partial charge in [-0.05, 0) is 30.5 Å².